The van der Waals surface area contributed by atoms with Gasteiger partial charge in [0, 0.05) is 24.5 Å². The van der Waals surface area contributed by atoms with E-state index in [9.17, 15) is 4.79 Å². The van der Waals surface area contributed by atoms with Gasteiger partial charge in [-0.15, -0.1) is 11.3 Å². The molecule has 168 valence electrons. The van der Waals surface area contributed by atoms with Gasteiger partial charge < -0.3 is 9.47 Å². The van der Waals surface area contributed by atoms with Gasteiger partial charge in [0.05, 0.1) is 10.2 Å². The van der Waals surface area contributed by atoms with E-state index in [1.54, 1.807) is 23.1 Å². The summed E-state index contributed by atoms with van der Waals surface area (Å²) in [6, 6.07) is 8.22. The summed E-state index contributed by atoms with van der Waals surface area (Å²) in [5.41, 5.74) is 1.01. The highest BCUT2D eigenvalue weighted by atomic mass is 32.2. The molecule has 2 aromatic rings. The number of aromatic nitrogens is 1. The first-order chi connectivity index (χ1) is 15.1. The fourth-order valence-electron chi connectivity index (χ4n) is 4.74. The standard InChI is InChI=1S/C26H29NO3S2/c1-18(10-8-9-15-31-23-27-21-11-6-7-12-22(21)32-23)13-14-26-24(3,4)16-20(29-19(2)28)17-25(26,5)30-26/h6-12,20H,15-17H2,1-5H3/b9-8+,18-10+/t20-,25+,26-/m0/s1. The van der Waals surface area contributed by atoms with Gasteiger partial charge in [-0.1, -0.05) is 67.8 Å². The number of benzene rings is 1. The van der Waals surface area contributed by atoms with Crippen LogP contribution in [0.15, 0.2) is 52.4 Å². The minimum Gasteiger partial charge on any atom is -0.462 e. The monoisotopic (exact) mass is 467 g/mol. The van der Waals surface area contributed by atoms with E-state index in [0.717, 1.165) is 27.6 Å². The van der Waals surface area contributed by atoms with Gasteiger partial charge in [-0.2, -0.15) is 0 Å². The highest BCUT2D eigenvalue weighted by molar-refractivity contribution is 8.01. The van der Waals surface area contributed by atoms with Gasteiger partial charge in [0.25, 0.3) is 0 Å². The van der Waals surface area contributed by atoms with Crippen LogP contribution in [0.4, 0.5) is 0 Å². The van der Waals surface area contributed by atoms with Crippen LogP contribution < -0.4 is 0 Å². The van der Waals surface area contributed by atoms with Crippen molar-refractivity contribution in [2.45, 2.75) is 69.1 Å². The van der Waals surface area contributed by atoms with Gasteiger partial charge >= 0.3 is 5.97 Å². The normalized spacial score (nSPS) is 28.8. The predicted molar refractivity (Wildman–Crippen MR) is 132 cm³/mol. The van der Waals surface area contributed by atoms with E-state index in [4.69, 9.17) is 9.47 Å². The average molecular weight is 468 g/mol. The average Bonchev–Trinajstić information content (AvgIpc) is 3.12. The van der Waals surface area contributed by atoms with E-state index in [1.165, 1.54) is 11.6 Å². The van der Waals surface area contributed by atoms with Gasteiger partial charge in [-0.05, 0) is 38.0 Å². The number of para-hydroxylation sites is 1. The molecule has 1 aliphatic carbocycles. The number of rotatable bonds is 5. The maximum atomic E-state index is 11.4. The Hall–Kier alpha value is -2.07. The molecule has 0 amide bonds. The summed E-state index contributed by atoms with van der Waals surface area (Å²) >= 11 is 3.47. The van der Waals surface area contributed by atoms with Crippen LogP contribution >= 0.6 is 23.1 Å². The minimum absolute atomic E-state index is 0.113. The number of carbonyl (C=O) groups excluding carboxylic acids is 1. The summed E-state index contributed by atoms with van der Waals surface area (Å²) in [5.74, 6) is 7.37. The molecule has 0 radical (unpaired) electrons. The predicted octanol–water partition coefficient (Wildman–Crippen LogP) is 6.17. The van der Waals surface area contributed by atoms with Crippen molar-refractivity contribution in [3.63, 3.8) is 0 Å². The molecule has 4 rings (SSSR count). The van der Waals surface area contributed by atoms with Crippen molar-refractivity contribution in [2.24, 2.45) is 5.41 Å². The highest BCUT2D eigenvalue weighted by Gasteiger charge is 2.76. The second kappa shape index (κ2) is 8.70. The van der Waals surface area contributed by atoms with E-state index < -0.39 is 5.60 Å². The molecule has 1 aromatic carbocycles. The van der Waals surface area contributed by atoms with Crippen LogP contribution in [0, 0.1) is 17.3 Å². The minimum atomic E-state index is -0.488. The third kappa shape index (κ3) is 4.52. The van der Waals surface area contributed by atoms with Gasteiger partial charge in [0.15, 0.2) is 9.94 Å². The van der Waals surface area contributed by atoms with E-state index in [-0.39, 0.29) is 23.1 Å². The van der Waals surface area contributed by atoms with Crippen LogP contribution in [-0.4, -0.2) is 34.0 Å². The molecule has 3 atom stereocenters. The first kappa shape index (κ1) is 23.1. The lowest BCUT2D eigenvalue weighted by molar-refractivity contribution is -0.149. The molecule has 4 nitrogen and oxygen atoms in total. The number of epoxide rings is 1. The largest absolute Gasteiger partial charge is 0.462 e. The highest BCUT2D eigenvalue weighted by Crippen LogP contribution is 2.65. The van der Waals surface area contributed by atoms with Gasteiger partial charge in [0.2, 0.25) is 0 Å². The Bertz CT molecular complexity index is 1120. The first-order valence-corrected chi connectivity index (χ1v) is 12.7. The van der Waals surface area contributed by atoms with Gasteiger partial charge in [-0.25, -0.2) is 4.98 Å². The Morgan fingerprint density at radius 3 is 2.81 bits per heavy atom. The van der Waals surface area contributed by atoms with Crippen molar-refractivity contribution in [2.75, 3.05) is 5.75 Å². The smallest absolute Gasteiger partial charge is 0.302 e. The van der Waals surface area contributed by atoms with Crippen molar-refractivity contribution in [1.82, 2.24) is 4.98 Å². The maximum absolute atomic E-state index is 11.4. The van der Waals surface area contributed by atoms with E-state index >= 15 is 0 Å². The second-order valence-corrected chi connectivity index (χ2v) is 11.6. The van der Waals surface area contributed by atoms with Crippen LogP contribution in [0.1, 0.15) is 47.5 Å². The Kier molecular flexibility index (Phi) is 6.28. The molecular formula is C26H29NO3S2. The quantitative estimate of drug-likeness (QED) is 0.173. The zero-order valence-corrected chi connectivity index (χ0v) is 20.9. The zero-order chi connectivity index (χ0) is 23.0. The topological polar surface area (TPSA) is 51.7 Å². The molecule has 0 unspecified atom stereocenters. The van der Waals surface area contributed by atoms with E-state index in [2.05, 4.69) is 61.9 Å². The summed E-state index contributed by atoms with van der Waals surface area (Å²) in [6.07, 6.45) is 7.56. The molecule has 2 heterocycles. The molecule has 1 aliphatic heterocycles. The number of nitrogens with zero attached hydrogens (tertiary/aromatic N) is 1. The van der Waals surface area contributed by atoms with Crippen LogP contribution in [-0.2, 0) is 14.3 Å². The molecule has 2 fully saturated rings. The Morgan fingerprint density at radius 1 is 1.31 bits per heavy atom. The van der Waals surface area contributed by atoms with Gasteiger partial charge in [-0.3, -0.25) is 4.79 Å². The molecule has 32 heavy (non-hydrogen) atoms. The number of thioether (sulfide) groups is 1. The zero-order valence-electron chi connectivity index (χ0n) is 19.2. The Labute approximate surface area is 198 Å². The number of esters is 1. The van der Waals surface area contributed by atoms with Crippen LogP contribution in [0.3, 0.4) is 0 Å². The second-order valence-electron chi connectivity index (χ2n) is 9.32. The number of ether oxygens (including phenoxy) is 2. The molecular weight excluding hydrogens is 438 g/mol. The van der Waals surface area contributed by atoms with E-state index in [0.29, 0.717) is 6.42 Å². The number of allylic oxidation sites excluding steroid dienone is 3. The Morgan fingerprint density at radius 2 is 2.09 bits per heavy atom. The molecule has 1 saturated heterocycles. The van der Waals surface area contributed by atoms with Crippen LogP contribution in [0.25, 0.3) is 10.2 Å². The SMILES string of the molecule is CC(=O)O[C@H]1CC(C)(C)[C@]2(C#C/C(C)=C/C=C/CSc3nc4ccccc4s3)O[C@]2(C)C1. The number of thiazole rings is 1. The summed E-state index contributed by atoms with van der Waals surface area (Å²) in [6.45, 7) is 9.87. The number of hydrogen-bond donors (Lipinski definition) is 0. The van der Waals surface area contributed by atoms with E-state index in [1.807, 2.05) is 25.1 Å². The number of fused-ring (bicyclic) bond motifs is 2. The molecule has 6 heteroatoms. The molecule has 1 saturated carbocycles. The fourth-order valence-corrected chi connectivity index (χ4v) is 6.66. The summed E-state index contributed by atoms with van der Waals surface area (Å²) < 4.78 is 14.0. The first-order valence-electron chi connectivity index (χ1n) is 10.9. The molecule has 1 aromatic heterocycles. The van der Waals surface area contributed by atoms with Crippen molar-refractivity contribution < 1.29 is 14.3 Å². The van der Waals surface area contributed by atoms with Crippen molar-refractivity contribution >= 4 is 39.3 Å². The van der Waals surface area contributed by atoms with Crippen LogP contribution in [0.5, 0.6) is 0 Å². The molecule has 0 spiro atoms. The lowest BCUT2D eigenvalue weighted by Crippen LogP contribution is -2.47. The number of carbonyl (C=O) groups is 1. The van der Waals surface area contributed by atoms with Crippen molar-refractivity contribution in [1.29, 1.82) is 0 Å². The fraction of sp³-hybridized carbons (Fsp3) is 0.462. The van der Waals surface area contributed by atoms with Crippen LogP contribution in [0.2, 0.25) is 0 Å². The van der Waals surface area contributed by atoms with Crippen molar-refractivity contribution in [3.05, 3.63) is 48.1 Å². The summed E-state index contributed by atoms with van der Waals surface area (Å²) in [5, 5.41) is 0. The summed E-state index contributed by atoms with van der Waals surface area (Å²) in [4.78, 5) is 16.1. The Balaban J connectivity index is 1.35. The number of hydrogen-bond acceptors (Lipinski definition) is 6. The van der Waals surface area contributed by atoms with Crippen molar-refractivity contribution in [3.8, 4) is 11.8 Å². The third-order valence-electron chi connectivity index (χ3n) is 6.22. The van der Waals surface area contributed by atoms with Gasteiger partial charge in [0.1, 0.15) is 11.7 Å². The molecule has 0 N–H and O–H groups in total. The molecule has 2 aliphatic rings. The lowest BCUT2D eigenvalue weighted by Gasteiger charge is -2.38. The third-order valence-corrected chi connectivity index (χ3v) is 8.35. The molecule has 0 bridgehead atoms. The maximum Gasteiger partial charge on any atom is 0.302 e. The summed E-state index contributed by atoms with van der Waals surface area (Å²) in [7, 11) is 0. The lowest BCUT2D eigenvalue weighted by atomic mass is 9.63.